The SMILES string of the molecule is CC1(C)c2ccccc2-c2c1ccc1c2Oc2c(cccc2-c2ccc(-c3nc(C4=CC5C(C=C4)c4ccccc4C5(C)C)nc(C4C=CC=CC4)n3)cc2)O1. The van der Waals surface area contributed by atoms with Crippen LogP contribution in [-0.4, -0.2) is 15.0 Å². The zero-order chi connectivity index (χ0) is 37.8. The predicted molar refractivity (Wildman–Crippen MR) is 223 cm³/mol. The normalized spacial score (nSPS) is 21.1. The Balaban J connectivity index is 0.958. The van der Waals surface area contributed by atoms with E-state index in [1.807, 2.05) is 18.2 Å². The second-order valence-corrected chi connectivity index (χ2v) is 16.7. The molecule has 272 valence electrons. The summed E-state index contributed by atoms with van der Waals surface area (Å²) in [6.45, 7) is 9.29. The van der Waals surface area contributed by atoms with Gasteiger partial charge in [-0.25, -0.2) is 15.0 Å². The summed E-state index contributed by atoms with van der Waals surface area (Å²) in [5, 5.41) is 0. The molecule has 0 bridgehead atoms. The van der Waals surface area contributed by atoms with Gasteiger partial charge in [0.15, 0.2) is 34.6 Å². The Morgan fingerprint density at radius 2 is 1.36 bits per heavy atom. The fraction of sp³-hybridized carbons (Fsp3) is 0.196. The maximum Gasteiger partial charge on any atom is 0.178 e. The zero-order valence-corrected chi connectivity index (χ0v) is 32.0. The Hall–Kier alpha value is -6.33. The van der Waals surface area contributed by atoms with E-state index < -0.39 is 0 Å². The monoisotopic (exact) mass is 727 g/mol. The van der Waals surface area contributed by atoms with Gasteiger partial charge < -0.3 is 9.47 Å². The van der Waals surface area contributed by atoms with Gasteiger partial charge in [0.05, 0.1) is 0 Å². The van der Waals surface area contributed by atoms with Gasteiger partial charge in [-0.15, -0.1) is 0 Å². The molecule has 11 rings (SSSR count). The number of rotatable bonds is 4. The summed E-state index contributed by atoms with van der Waals surface area (Å²) in [6, 6.07) is 36.3. The van der Waals surface area contributed by atoms with Crippen molar-refractivity contribution in [2.75, 3.05) is 0 Å². The van der Waals surface area contributed by atoms with E-state index in [2.05, 4.69) is 155 Å². The van der Waals surface area contributed by atoms with Crippen molar-refractivity contribution in [3.63, 3.8) is 0 Å². The molecule has 1 aromatic heterocycles. The molecule has 0 radical (unpaired) electrons. The largest absolute Gasteiger partial charge is 0.449 e. The maximum absolute atomic E-state index is 6.92. The van der Waals surface area contributed by atoms with Crippen LogP contribution >= 0.6 is 0 Å². The number of allylic oxidation sites excluding steroid dienone is 8. The molecule has 0 N–H and O–H groups in total. The van der Waals surface area contributed by atoms with E-state index >= 15 is 0 Å². The van der Waals surface area contributed by atoms with Crippen molar-refractivity contribution in [1.29, 1.82) is 0 Å². The summed E-state index contributed by atoms with van der Waals surface area (Å²) in [5.41, 5.74) is 11.5. The molecule has 3 unspecified atom stereocenters. The van der Waals surface area contributed by atoms with Crippen molar-refractivity contribution in [2.24, 2.45) is 5.92 Å². The molecular weight excluding hydrogens is 687 g/mol. The van der Waals surface area contributed by atoms with Gasteiger partial charge in [0.1, 0.15) is 5.82 Å². The third kappa shape index (κ3) is 4.89. The first kappa shape index (κ1) is 33.0. The van der Waals surface area contributed by atoms with Gasteiger partial charge in [-0.05, 0) is 63.3 Å². The van der Waals surface area contributed by atoms with E-state index in [4.69, 9.17) is 24.4 Å². The Bertz CT molecular complexity index is 2750. The molecule has 5 aliphatic rings. The lowest BCUT2D eigenvalue weighted by atomic mass is 9.73. The fourth-order valence-electron chi connectivity index (χ4n) is 9.80. The molecule has 1 aliphatic heterocycles. The maximum atomic E-state index is 6.92. The second-order valence-electron chi connectivity index (χ2n) is 16.7. The molecule has 4 aliphatic carbocycles. The van der Waals surface area contributed by atoms with E-state index in [0.717, 1.165) is 63.1 Å². The molecule has 0 saturated carbocycles. The number of para-hydroxylation sites is 1. The number of hydrogen-bond acceptors (Lipinski definition) is 5. The molecule has 6 aromatic rings. The van der Waals surface area contributed by atoms with Crippen molar-refractivity contribution in [2.45, 2.75) is 56.8 Å². The second kappa shape index (κ2) is 12.1. The number of ether oxygens (including phenoxy) is 2. The quantitative estimate of drug-likeness (QED) is 0.181. The van der Waals surface area contributed by atoms with Gasteiger partial charge in [-0.3, -0.25) is 0 Å². The minimum Gasteiger partial charge on any atom is -0.449 e. The van der Waals surface area contributed by atoms with E-state index in [1.165, 1.54) is 27.8 Å². The summed E-state index contributed by atoms with van der Waals surface area (Å²) in [6.07, 6.45) is 16.4. The lowest BCUT2D eigenvalue weighted by Crippen LogP contribution is -2.25. The third-order valence-electron chi connectivity index (χ3n) is 12.8. The third-order valence-corrected chi connectivity index (χ3v) is 12.8. The zero-order valence-electron chi connectivity index (χ0n) is 32.0. The molecular formula is C51H41N3O2. The van der Waals surface area contributed by atoms with Crippen LogP contribution in [0.4, 0.5) is 0 Å². The highest BCUT2D eigenvalue weighted by Crippen LogP contribution is 2.59. The van der Waals surface area contributed by atoms with E-state index in [0.29, 0.717) is 23.4 Å². The van der Waals surface area contributed by atoms with Crippen LogP contribution in [0, 0.1) is 5.92 Å². The van der Waals surface area contributed by atoms with Gasteiger partial charge in [-0.1, -0.05) is 161 Å². The topological polar surface area (TPSA) is 57.1 Å². The predicted octanol–water partition coefficient (Wildman–Crippen LogP) is 12.7. The molecule has 0 spiro atoms. The molecule has 0 fully saturated rings. The van der Waals surface area contributed by atoms with Crippen LogP contribution in [-0.2, 0) is 10.8 Å². The summed E-state index contributed by atoms with van der Waals surface area (Å²) >= 11 is 0. The highest BCUT2D eigenvalue weighted by molar-refractivity contribution is 5.89. The van der Waals surface area contributed by atoms with Gasteiger partial charge >= 0.3 is 0 Å². The Morgan fingerprint density at radius 3 is 2.20 bits per heavy atom. The standard InChI is InChI=1S/C51H41N3O2/c1-50(2)39-19-11-9-16-37(39)44-40(50)27-28-43-46(44)56-45-34(17-12-20-42(45)55-43)30-21-23-32(24-22-30)48-52-47(31-13-6-5-7-14-31)53-49(54-48)33-25-26-36-35-15-8-10-18-38(35)51(3,4)41(36)29-33/h5-13,15-29,31,36,41H,14H2,1-4H3. The van der Waals surface area contributed by atoms with Crippen LogP contribution < -0.4 is 9.47 Å². The average Bonchev–Trinajstić information content (AvgIpc) is 3.62. The molecule has 5 aromatic carbocycles. The van der Waals surface area contributed by atoms with Gasteiger partial charge in [-0.2, -0.15) is 0 Å². The number of fused-ring (bicyclic) bond motifs is 9. The molecule has 5 heteroatoms. The van der Waals surface area contributed by atoms with Crippen LogP contribution in [0.15, 0.2) is 146 Å². The summed E-state index contributed by atoms with van der Waals surface area (Å²) in [4.78, 5) is 15.4. The van der Waals surface area contributed by atoms with Crippen molar-refractivity contribution in [3.05, 3.63) is 180 Å². The van der Waals surface area contributed by atoms with Crippen molar-refractivity contribution in [1.82, 2.24) is 15.0 Å². The van der Waals surface area contributed by atoms with Gasteiger partial charge in [0.25, 0.3) is 0 Å². The highest BCUT2D eigenvalue weighted by atomic mass is 16.6. The highest BCUT2D eigenvalue weighted by Gasteiger charge is 2.45. The minimum atomic E-state index is -0.135. The fourth-order valence-corrected chi connectivity index (χ4v) is 9.80. The Labute approximate surface area is 327 Å². The first-order valence-electron chi connectivity index (χ1n) is 19.7. The molecule has 0 amide bonds. The van der Waals surface area contributed by atoms with Crippen LogP contribution in [0.2, 0.25) is 0 Å². The van der Waals surface area contributed by atoms with Crippen molar-refractivity contribution < 1.29 is 9.47 Å². The Kier molecular flexibility index (Phi) is 7.13. The lowest BCUT2D eigenvalue weighted by molar-refractivity contribution is 0.361. The number of hydrogen-bond donors (Lipinski definition) is 0. The molecule has 2 heterocycles. The van der Waals surface area contributed by atoms with Crippen molar-refractivity contribution in [3.8, 4) is 56.6 Å². The summed E-state index contributed by atoms with van der Waals surface area (Å²) < 4.78 is 13.5. The van der Waals surface area contributed by atoms with Gasteiger partial charge in [0.2, 0.25) is 0 Å². The molecule has 0 saturated heterocycles. The number of nitrogens with zero attached hydrogens (tertiary/aromatic N) is 3. The van der Waals surface area contributed by atoms with Crippen molar-refractivity contribution >= 4 is 5.57 Å². The van der Waals surface area contributed by atoms with E-state index in [-0.39, 0.29) is 16.7 Å². The van der Waals surface area contributed by atoms with E-state index in [9.17, 15) is 0 Å². The average molecular weight is 728 g/mol. The molecule has 3 atom stereocenters. The Morgan fingerprint density at radius 1 is 0.607 bits per heavy atom. The first-order valence-corrected chi connectivity index (χ1v) is 19.7. The van der Waals surface area contributed by atoms with Crippen LogP contribution in [0.1, 0.15) is 79.9 Å². The van der Waals surface area contributed by atoms with Crippen LogP contribution in [0.25, 0.3) is 39.2 Å². The number of benzene rings is 5. The molecule has 56 heavy (non-hydrogen) atoms. The summed E-state index contributed by atoms with van der Waals surface area (Å²) in [7, 11) is 0. The minimum absolute atomic E-state index is 0.00270. The van der Waals surface area contributed by atoms with Crippen LogP contribution in [0.5, 0.6) is 23.0 Å². The lowest BCUT2D eigenvalue weighted by Gasteiger charge is -2.30. The first-order chi connectivity index (χ1) is 27.3. The molecule has 5 nitrogen and oxygen atoms in total. The number of aromatic nitrogens is 3. The van der Waals surface area contributed by atoms with Gasteiger partial charge in [0, 0.05) is 39.5 Å². The van der Waals surface area contributed by atoms with E-state index in [1.54, 1.807) is 0 Å². The smallest absolute Gasteiger partial charge is 0.178 e. The summed E-state index contributed by atoms with van der Waals surface area (Å²) in [5.74, 6) is 5.87. The van der Waals surface area contributed by atoms with Crippen LogP contribution in [0.3, 0.4) is 0 Å².